The summed E-state index contributed by atoms with van der Waals surface area (Å²) in [5.74, 6) is -7.56. The number of carbonyl (C=O) groups is 10. The summed E-state index contributed by atoms with van der Waals surface area (Å²) in [5, 5.41) is 26.9. The lowest BCUT2D eigenvalue weighted by molar-refractivity contribution is -0.144. The maximum absolute atomic E-state index is 13.3. The summed E-state index contributed by atoms with van der Waals surface area (Å²) in [7, 11) is 0. The summed E-state index contributed by atoms with van der Waals surface area (Å²) in [6.45, 7) is 11.0. The van der Waals surface area contributed by atoms with Crippen LogP contribution in [-0.2, 0) is 47.9 Å². The van der Waals surface area contributed by atoms with Crippen molar-refractivity contribution in [3.63, 3.8) is 0 Å². The highest BCUT2D eigenvalue weighted by atomic mass is 16.4. The second-order valence-corrected chi connectivity index (χ2v) is 15.7. The highest BCUT2D eigenvalue weighted by molar-refractivity contribution is 5.96. The SMILES string of the molecule is CC(C)C[C@H](NC(=O)[C@@H]1CCCN1C(=O)CNC(=O)[C@H](C)NC(=O)[C@H](CC(C)C)NC(=O)CNC(=O)[C@H](CC(C)C)NC(=O)[C@H](CCC(N)=O)NC(=O)CN)C(=O)O. The molecule has 1 rings (SSSR count). The van der Waals surface area contributed by atoms with Crippen molar-refractivity contribution in [3.05, 3.63) is 0 Å². The minimum atomic E-state index is -1.21. The Morgan fingerprint density at radius 1 is 0.638 bits per heavy atom. The standard InChI is InChI=1S/C37H64N10O11/c1-19(2)13-24(45-34(54)23(10-11-28(39)48)43-29(49)16-38)33(53)40-17-30(50)44-25(14-20(3)4)35(55)42-22(7)32(52)41-18-31(51)47-12-8-9-27(47)36(56)46-26(37(57)58)15-21(5)6/h19-27H,8-18,38H2,1-7H3,(H2,39,48)(H,40,53)(H,41,52)(H,42,55)(H,43,49)(H,44,50)(H,45,54)(H,46,56)(H,57,58)/t22-,23-,24-,25-,26-,27-/m0/s1. The second-order valence-electron chi connectivity index (χ2n) is 15.7. The molecule has 1 aliphatic heterocycles. The summed E-state index contributed by atoms with van der Waals surface area (Å²) >= 11 is 0. The number of amides is 9. The summed E-state index contributed by atoms with van der Waals surface area (Å²) in [6.07, 6.45) is 0.979. The molecule has 6 atom stereocenters. The fourth-order valence-corrected chi connectivity index (χ4v) is 6.12. The number of carboxylic acids is 1. The number of nitrogens with zero attached hydrogens (tertiary/aromatic N) is 1. The van der Waals surface area contributed by atoms with Crippen molar-refractivity contribution in [3.8, 4) is 0 Å². The minimum Gasteiger partial charge on any atom is -0.480 e. The van der Waals surface area contributed by atoms with Gasteiger partial charge in [0.15, 0.2) is 0 Å². The second kappa shape index (κ2) is 25.1. The lowest BCUT2D eigenvalue weighted by Crippen LogP contribution is -2.57. The maximum Gasteiger partial charge on any atom is 0.326 e. The molecular formula is C37H64N10O11. The van der Waals surface area contributed by atoms with Gasteiger partial charge in [-0.05, 0) is 63.2 Å². The highest BCUT2D eigenvalue weighted by Crippen LogP contribution is 2.18. The van der Waals surface area contributed by atoms with Crippen molar-refractivity contribution in [2.24, 2.45) is 29.2 Å². The average molecular weight is 825 g/mol. The number of nitrogens with two attached hydrogens (primary N) is 2. The van der Waals surface area contributed by atoms with E-state index in [-0.39, 0.29) is 56.4 Å². The molecule has 0 saturated carbocycles. The quantitative estimate of drug-likeness (QED) is 0.0444. The van der Waals surface area contributed by atoms with Crippen LogP contribution in [0.15, 0.2) is 0 Å². The van der Waals surface area contributed by atoms with E-state index < -0.39 is 115 Å². The molecule has 0 bridgehead atoms. The predicted molar refractivity (Wildman–Crippen MR) is 210 cm³/mol. The molecule has 0 radical (unpaired) electrons. The van der Waals surface area contributed by atoms with E-state index in [0.29, 0.717) is 12.8 Å². The van der Waals surface area contributed by atoms with Crippen LogP contribution < -0.4 is 48.7 Å². The average Bonchev–Trinajstić information content (AvgIpc) is 3.63. The minimum absolute atomic E-state index is 0.00327. The molecular weight excluding hydrogens is 760 g/mol. The number of primary amides is 1. The van der Waals surface area contributed by atoms with Crippen molar-refractivity contribution < 1.29 is 53.1 Å². The van der Waals surface area contributed by atoms with Crippen molar-refractivity contribution in [2.75, 3.05) is 26.2 Å². The topological polar surface area (TPSA) is 330 Å². The Morgan fingerprint density at radius 3 is 1.69 bits per heavy atom. The lowest BCUT2D eigenvalue weighted by Gasteiger charge is -2.26. The third-order valence-electron chi connectivity index (χ3n) is 9.00. The first kappa shape index (κ1) is 50.7. The van der Waals surface area contributed by atoms with Crippen molar-refractivity contribution in [1.29, 1.82) is 0 Å². The molecule has 0 aliphatic carbocycles. The van der Waals surface area contributed by atoms with Crippen molar-refractivity contribution in [2.45, 2.75) is 130 Å². The molecule has 21 heteroatoms. The number of hydrogen-bond donors (Lipinski definition) is 10. The van der Waals surface area contributed by atoms with Crippen LogP contribution >= 0.6 is 0 Å². The van der Waals surface area contributed by atoms with Gasteiger partial charge in [-0.25, -0.2) is 4.79 Å². The zero-order valence-electron chi connectivity index (χ0n) is 34.6. The van der Waals surface area contributed by atoms with Gasteiger partial charge in [-0.1, -0.05) is 41.5 Å². The van der Waals surface area contributed by atoms with Crippen molar-refractivity contribution in [1.82, 2.24) is 42.1 Å². The van der Waals surface area contributed by atoms with E-state index in [2.05, 4.69) is 37.2 Å². The number of likely N-dealkylation sites (tertiary alicyclic amines) is 1. The largest absolute Gasteiger partial charge is 0.480 e. The Labute approximate surface area is 339 Å². The van der Waals surface area contributed by atoms with Gasteiger partial charge in [-0.2, -0.15) is 0 Å². The molecule has 9 amide bonds. The van der Waals surface area contributed by atoms with E-state index in [1.165, 1.54) is 11.8 Å². The summed E-state index contributed by atoms with van der Waals surface area (Å²) in [4.78, 5) is 127. The van der Waals surface area contributed by atoms with Crippen LogP contribution in [-0.4, -0.2) is 132 Å². The molecule has 21 nitrogen and oxygen atoms in total. The van der Waals surface area contributed by atoms with E-state index in [1.54, 1.807) is 27.7 Å². The van der Waals surface area contributed by atoms with Crippen LogP contribution in [0.4, 0.5) is 0 Å². The number of hydrogen-bond acceptors (Lipinski definition) is 11. The van der Waals surface area contributed by atoms with E-state index in [4.69, 9.17) is 11.5 Å². The Morgan fingerprint density at radius 2 is 1.16 bits per heavy atom. The summed E-state index contributed by atoms with van der Waals surface area (Å²) in [5.41, 5.74) is 10.5. The number of rotatable bonds is 25. The van der Waals surface area contributed by atoms with E-state index in [1.807, 2.05) is 13.8 Å². The Bertz CT molecular complexity index is 1490. The molecule has 1 saturated heterocycles. The van der Waals surface area contributed by atoms with Gasteiger partial charge in [0.05, 0.1) is 19.6 Å². The molecule has 58 heavy (non-hydrogen) atoms. The van der Waals surface area contributed by atoms with Gasteiger partial charge in [0.2, 0.25) is 53.2 Å². The molecule has 1 aliphatic rings. The van der Waals surface area contributed by atoms with Gasteiger partial charge in [0, 0.05) is 13.0 Å². The number of aliphatic carboxylic acids is 1. The van der Waals surface area contributed by atoms with Crippen LogP contribution in [0.1, 0.15) is 93.4 Å². The van der Waals surface area contributed by atoms with E-state index in [9.17, 15) is 53.1 Å². The van der Waals surface area contributed by atoms with Gasteiger partial charge in [0.25, 0.3) is 0 Å². The Kier molecular flexibility index (Phi) is 21.9. The fourth-order valence-electron chi connectivity index (χ4n) is 6.12. The van der Waals surface area contributed by atoms with Crippen LogP contribution in [0.2, 0.25) is 0 Å². The number of carboxylic acid groups (broad SMARTS) is 1. The molecule has 12 N–H and O–H groups in total. The first-order chi connectivity index (χ1) is 27.0. The fraction of sp³-hybridized carbons (Fsp3) is 0.730. The van der Waals surface area contributed by atoms with E-state index in [0.717, 1.165) is 0 Å². The first-order valence-corrected chi connectivity index (χ1v) is 19.6. The van der Waals surface area contributed by atoms with Gasteiger partial charge >= 0.3 is 5.97 Å². The molecule has 1 heterocycles. The van der Waals surface area contributed by atoms with Crippen LogP contribution in [0.25, 0.3) is 0 Å². The monoisotopic (exact) mass is 824 g/mol. The molecule has 0 unspecified atom stereocenters. The maximum atomic E-state index is 13.3. The molecule has 0 aromatic heterocycles. The van der Waals surface area contributed by atoms with Crippen LogP contribution in [0.5, 0.6) is 0 Å². The molecule has 0 aromatic rings. The molecule has 328 valence electrons. The number of nitrogens with one attached hydrogen (secondary N) is 7. The highest BCUT2D eigenvalue weighted by Gasteiger charge is 2.36. The normalized spacial score (nSPS) is 16.3. The predicted octanol–water partition coefficient (Wildman–Crippen LogP) is -2.90. The smallest absolute Gasteiger partial charge is 0.326 e. The molecule has 0 spiro atoms. The zero-order chi connectivity index (χ0) is 44.3. The molecule has 1 fully saturated rings. The summed E-state index contributed by atoms with van der Waals surface area (Å²) < 4.78 is 0. The number of carbonyl (C=O) groups excluding carboxylic acids is 9. The van der Waals surface area contributed by atoms with Crippen LogP contribution in [0, 0.1) is 17.8 Å². The van der Waals surface area contributed by atoms with Gasteiger partial charge in [0.1, 0.15) is 36.3 Å². The Balaban J connectivity index is 2.84. The third-order valence-corrected chi connectivity index (χ3v) is 9.00. The van der Waals surface area contributed by atoms with Gasteiger partial charge in [-0.15, -0.1) is 0 Å². The molecule has 0 aromatic carbocycles. The van der Waals surface area contributed by atoms with Gasteiger partial charge < -0.3 is 58.7 Å². The van der Waals surface area contributed by atoms with Crippen LogP contribution in [0.3, 0.4) is 0 Å². The van der Waals surface area contributed by atoms with E-state index >= 15 is 0 Å². The third kappa shape index (κ3) is 18.7. The van der Waals surface area contributed by atoms with Crippen molar-refractivity contribution >= 4 is 59.1 Å². The lowest BCUT2D eigenvalue weighted by atomic mass is 10.0. The zero-order valence-corrected chi connectivity index (χ0v) is 34.6. The first-order valence-electron chi connectivity index (χ1n) is 19.6. The summed E-state index contributed by atoms with van der Waals surface area (Å²) in [6, 6.07) is -6.64. The Hall–Kier alpha value is -5.34. The van der Waals surface area contributed by atoms with Gasteiger partial charge in [-0.3, -0.25) is 43.2 Å².